The zero-order valence-electron chi connectivity index (χ0n) is 12.2. The van der Waals surface area contributed by atoms with Gasteiger partial charge in [-0.15, -0.1) is 0 Å². The number of hydrogen-bond acceptors (Lipinski definition) is 6. The largest absolute Gasteiger partial charge is 0.385 e. The third-order valence-corrected chi connectivity index (χ3v) is 3.76. The van der Waals surface area contributed by atoms with Gasteiger partial charge >= 0.3 is 0 Å². The van der Waals surface area contributed by atoms with E-state index in [9.17, 15) is 9.50 Å². The SMILES string of the molecule is OC(c1ccc(Cl)cc1)[C@@H](F)c1noc(CN2C=C(Cl)C=CN2)n1. The number of nitrogens with zero attached hydrogens (tertiary/aromatic N) is 3. The number of rotatable bonds is 5. The fourth-order valence-corrected chi connectivity index (χ4v) is 2.40. The molecule has 0 fully saturated rings. The smallest absolute Gasteiger partial charge is 0.248 e. The number of benzene rings is 1. The second-order valence-electron chi connectivity index (χ2n) is 5.05. The summed E-state index contributed by atoms with van der Waals surface area (Å²) < 4.78 is 19.4. The lowest BCUT2D eigenvalue weighted by atomic mass is 10.1. The van der Waals surface area contributed by atoms with E-state index in [1.54, 1.807) is 35.6 Å². The van der Waals surface area contributed by atoms with Crippen molar-refractivity contribution in [3.8, 4) is 0 Å². The number of alkyl halides is 1. The summed E-state index contributed by atoms with van der Waals surface area (Å²) in [5.41, 5.74) is 3.27. The number of aliphatic hydroxyl groups is 1. The number of hydrazine groups is 1. The molecule has 1 aliphatic rings. The fraction of sp³-hybridized carbons (Fsp3) is 0.200. The molecule has 0 aliphatic carbocycles. The van der Waals surface area contributed by atoms with Crippen molar-refractivity contribution in [2.75, 3.05) is 0 Å². The Morgan fingerprint density at radius 1 is 1.29 bits per heavy atom. The molecule has 1 aliphatic heterocycles. The van der Waals surface area contributed by atoms with Crippen LogP contribution >= 0.6 is 23.2 Å². The molecule has 1 unspecified atom stereocenters. The van der Waals surface area contributed by atoms with Crippen LogP contribution < -0.4 is 5.43 Å². The summed E-state index contributed by atoms with van der Waals surface area (Å²) >= 11 is 11.7. The van der Waals surface area contributed by atoms with Crippen molar-refractivity contribution in [3.63, 3.8) is 0 Å². The van der Waals surface area contributed by atoms with Crippen LogP contribution in [0.25, 0.3) is 0 Å². The minimum absolute atomic E-state index is 0.180. The van der Waals surface area contributed by atoms with Crippen LogP contribution in [0.3, 0.4) is 0 Å². The monoisotopic (exact) mass is 370 g/mol. The normalized spacial score (nSPS) is 16.5. The first-order valence-electron chi connectivity index (χ1n) is 6.99. The molecule has 6 nitrogen and oxygen atoms in total. The van der Waals surface area contributed by atoms with Gasteiger partial charge in [0.25, 0.3) is 0 Å². The molecule has 2 atom stereocenters. The van der Waals surface area contributed by atoms with E-state index in [4.69, 9.17) is 27.7 Å². The van der Waals surface area contributed by atoms with Crippen LogP contribution in [0.2, 0.25) is 5.02 Å². The summed E-state index contributed by atoms with van der Waals surface area (Å²) in [5, 5.41) is 16.3. The van der Waals surface area contributed by atoms with Gasteiger partial charge in [0.15, 0.2) is 6.17 Å². The van der Waals surface area contributed by atoms with Crippen LogP contribution in [0.1, 0.15) is 29.6 Å². The van der Waals surface area contributed by atoms with Crippen molar-refractivity contribution < 1.29 is 14.0 Å². The maximum absolute atomic E-state index is 14.4. The van der Waals surface area contributed by atoms with Crippen molar-refractivity contribution in [1.29, 1.82) is 0 Å². The molecule has 0 amide bonds. The Hall–Kier alpha value is -2.09. The van der Waals surface area contributed by atoms with E-state index in [-0.39, 0.29) is 18.3 Å². The Morgan fingerprint density at radius 3 is 2.75 bits per heavy atom. The molecule has 9 heteroatoms. The van der Waals surface area contributed by atoms with E-state index < -0.39 is 12.3 Å². The average Bonchev–Trinajstić information content (AvgIpc) is 3.02. The maximum Gasteiger partial charge on any atom is 0.248 e. The molecule has 0 radical (unpaired) electrons. The number of allylic oxidation sites excluding steroid dienone is 2. The predicted octanol–water partition coefficient (Wildman–Crippen LogP) is 3.38. The summed E-state index contributed by atoms with van der Waals surface area (Å²) in [4.78, 5) is 3.98. The zero-order valence-corrected chi connectivity index (χ0v) is 13.7. The zero-order chi connectivity index (χ0) is 17.1. The number of halogens is 3. The molecule has 0 saturated carbocycles. The molecule has 1 aromatic carbocycles. The van der Waals surface area contributed by atoms with Gasteiger partial charge in [-0.2, -0.15) is 4.98 Å². The highest BCUT2D eigenvalue weighted by atomic mass is 35.5. The van der Waals surface area contributed by atoms with Gasteiger partial charge in [-0.1, -0.05) is 40.5 Å². The van der Waals surface area contributed by atoms with Crippen molar-refractivity contribution in [2.24, 2.45) is 0 Å². The predicted molar refractivity (Wildman–Crippen MR) is 86.3 cm³/mol. The van der Waals surface area contributed by atoms with Gasteiger partial charge in [0.1, 0.15) is 12.6 Å². The number of hydrogen-bond donors (Lipinski definition) is 2. The van der Waals surface area contributed by atoms with Gasteiger partial charge in [-0.25, -0.2) is 4.39 Å². The highest BCUT2D eigenvalue weighted by Crippen LogP contribution is 2.31. The second kappa shape index (κ2) is 7.21. The third kappa shape index (κ3) is 3.87. The number of aliphatic hydroxyl groups excluding tert-OH is 1. The van der Waals surface area contributed by atoms with Crippen molar-refractivity contribution in [3.05, 3.63) is 70.1 Å². The van der Waals surface area contributed by atoms with Gasteiger partial charge in [0, 0.05) is 17.4 Å². The lowest BCUT2D eigenvalue weighted by Gasteiger charge is -2.20. The van der Waals surface area contributed by atoms with Gasteiger partial charge in [0.2, 0.25) is 11.7 Å². The van der Waals surface area contributed by atoms with Crippen LogP contribution in [0.5, 0.6) is 0 Å². The Kier molecular flexibility index (Phi) is 5.03. The van der Waals surface area contributed by atoms with Crippen LogP contribution in [0.15, 0.2) is 52.3 Å². The van der Waals surface area contributed by atoms with E-state index >= 15 is 0 Å². The Balaban J connectivity index is 1.68. The number of aromatic nitrogens is 2. The standard InChI is InChI=1S/C15H13Cl2FN4O2/c16-10-3-1-9(2-4-10)14(23)13(18)15-20-12(24-21-15)8-22-7-11(17)5-6-19-22/h1-7,13-14,19,23H,8H2/t13-,14?/m1/s1. The summed E-state index contributed by atoms with van der Waals surface area (Å²) in [5.74, 6) is -0.0467. The first-order valence-corrected chi connectivity index (χ1v) is 7.75. The molecule has 126 valence electrons. The molecule has 2 aromatic rings. The molecule has 0 saturated heterocycles. The Labute approximate surface area is 147 Å². The van der Waals surface area contributed by atoms with E-state index in [1.165, 1.54) is 12.1 Å². The molecule has 2 heterocycles. The average molecular weight is 371 g/mol. The summed E-state index contributed by atoms with van der Waals surface area (Å²) in [7, 11) is 0. The van der Waals surface area contributed by atoms with E-state index in [2.05, 4.69) is 15.6 Å². The van der Waals surface area contributed by atoms with Crippen LogP contribution in [0, 0.1) is 0 Å². The molecule has 24 heavy (non-hydrogen) atoms. The van der Waals surface area contributed by atoms with Crippen LogP contribution in [-0.4, -0.2) is 20.3 Å². The second-order valence-corrected chi connectivity index (χ2v) is 5.92. The molecule has 2 N–H and O–H groups in total. The molecule has 0 bridgehead atoms. The highest BCUT2D eigenvalue weighted by Gasteiger charge is 2.27. The Morgan fingerprint density at radius 2 is 2.04 bits per heavy atom. The van der Waals surface area contributed by atoms with E-state index in [0.29, 0.717) is 15.6 Å². The van der Waals surface area contributed by atoms with Crippen LogP contribution in [0.4, 0.5) is 4.39 Å². The molecule has 0 spiro atoms. The molecular weight excluding hydrogens is 358 g/mol. The van der Waals surface area contributed by atoms with Gasteiger partial charge in [0.05, 0.1) is 5.03 Å². The van der Waals surface area contributed by atoms with Gasteiger partial charge < -0.3 is 15.1 Å². The van der Waals surface area contributed by atoms with Crippen molar-refractivity contribution in [2.45, 2.75) is 18.8 Å². The minimum atomic E-state index is -1.82. The molecular formula is C15H13Cl2FN4O2. The van der Waals surface area contributed by atoms with Crippen molar-refractivity contribution in [1.82, 2.24) is 20.6 Å². The first kappa shape index (κ1) is 16.8. The fourth-order valence-electron chi connectivity index (χ4n) is 2.09. The maximum atomic E-state index is 14.4. The van der Waals surface area contributed by atoms with Gasteiger partial charge in [-0.05, 0) is 23.8 Å². The highest BCUT2D eigenvalue weighted by molar-refractivity contribution is 6.31. The third-order valence-electron chi connectivity index (χ3n) is 3.29. The summed E-state index contributed by atoms with van der Waals surface area (Å²) in [6.45, 7) is 0.192. The Bertz CT molecular complexity index is 763. The van der Waals surface area contributed by atoms with Crippen LogP contribution in [-0.2, 0) is 6.54 Å². The summed E-state index contributed by atoms with van der Waals surface area (Å²) in [6.07, 6.45) is 1.70. The number of nitrogens with one attached hydrogen (secondary N) is 1. The minimum Gasteiger partial charge on any atom is -0.385 e. The summed E-state index contributed by atoms with van der Waals surface area (Å²) in [6, 6.07) is 6.22. The first-order chi connectivity index (χ1) is 11.5. The quantitative estimate of drug-likeness (QED) is 0.840. The lowest BCUT2D eigenvalue weighted by Crippen LogP contribution is -2.30. The van der Waals surface area contributed by atoms with Gasteiger partial charge in [-0.3, -0.25) is 5.01 Å². The topological polar surface area (TPSA) is 74.4 Å². The molecule has 3 rings (SSSR count). The lowest BCUT2D eigenvalue weighted by molar-refractivity contribution is 0.0708. The van der Waals surface area contributed by atoms with E-state index in [1.807, 2.05) is 0 Å². The molecule has 1 aromatic heterocycles. The van der Waals surface area contributed by atoms with Crippen molar-refractivity contribution >= 4 is 23.2 Å². The van der Waals surface area contributed by atoms with E-state index in [0.717, 1.165) is 0 Å².